The molecule has 2 aromatic rings. The number of nitrogens with zero attached hydrogens (tertiary/aromatic N) is 2. The number of benzene rings is 2. The summed E-state index contributed by atoms with van der Waals surface area (Å²) in [5.41, 5.74) is 2.73. The van der Waals surface area contributed by atoms with Crippen LogP contribution in [0.1, 0.15) is 18.1 Å². The van der Waals surface area contributed by atoms with Gasteiger partial charge in [-0.25, -0.2) is 4.90 Å². The largest absolute Gasteiger partial charge is 0.395 e. The highest BCUT2D eigenvalue weighted by molar-refractivity contribution is 6.45. The van der Waals surface area contributed by atoms with Crippen molar-refractivity contribution in [1.82, 2.24) is 4.90 Å². The molecule has 1 aliphatic heterocycles. The van der Waals surface area contributed by atoms with Crippen molar-refractivity contribution in [3.05, 3.63) is 64.3 Å². The van der Waals surface area contributed by atoms with Crippen molar-refractivity contribution in [2.75, 3.05) is 30.4 Å². The SMILES string of the molecule is CC(=O)Nc1ccc(C2=C(N(C)CCO)C(=O)N(c3ccc(C)c(Cl)c3)C2=O)cc1. The van der Waals surface area contributed by atoms with Crippen LogP contribution in [0.2, 0.25) is 5.02 Å². The van der Waals surface area contributed by atoms with Gasteiger partial charge in [0.1, 0.15) is 5.70 Å². The molecule has 30 heavy (non-hydrogen) atoms. The number of amides is 3. The number of aliphatic hydroxyl groups is 1. The number of carbonyl (C=O) groups excluding carboxylic acids is 3. The number of aliphatic hydroxyl groups excluding tert-OH is 1. The van der Waals surface area contributed by atoms with Gasteiger partial charge in [-0.05, 0) is 42.3 Å². The smallest absolute Gasteiger partial charge is 0.282 e. The first-order chi connectivity index (χ1) is 14.2. The molecule has 2 N–H and O–H groups in total. The molecule has 0 aromatic heterocycles. The number of nitrogens with one attached hydrogen (secondary N) is 1. The molecule has 0 atom stereocenters. The Kier molecular flexibility index (Phi) is 6.24. The summed E-state index contributed by atoms with van der Waals surface area (Å²) in [6, 6.07) is 11.7. The molecule has 2 aromatic carbocycles. The van der Waals surface area contributed by atoms with Crippen LogP contribution < -0.4 is 10.2 Å². The quantitative estimate of drug-likeness (QED) is 0.692. The van der Waals surface area contributed by atoms with Crippen LogP contribution >= 0.6 is 11.6 Å². The van der Waals surface area contributed by atoms with Crippen molar-refractivity contribution < 1.29 is 19.5 Å². The lowest BCUT2D eigenvalue weighted by molar-refractivity contribution is -0.120. The standard InChI is InChI=1S/C22H22ClN3O4/c1-13-4-9-17(12-18(13)23)26-21(29)19(20(22(26)30)25(3)10-11-27)15-5-7-16(8-6-15)24-14(2)28/h4-9,12,27H,10-11H2,1-3H3,(H,24,28). The molecule has 3 rings (SSSR count). The number of hydrogen-bond acceptors (Lipinski definition) is 5. The van der Waals surface area contributed by atoms with Crippen LogP contribution in [0.15, 0.2) is 48.2 Å². The van der Waals surface area contributed by atoms with Crippen molar-refractivity contribution >= 4 is 46.3 Å². The van der Waals surface area contributed by atoms with E-state index in [9.17, 15) is 19.5 Å². The average molecular weight is 428 g/mol. The predicted molar refractivity (Wildman–Crippen MR) is 116 cm³/mol. The second-order valence-corrected chi connectivity index (χ2v) is 7.41. The Morgan fingerprint density at radius 1 is 1.13 bits per heavy atom. The third-order valence-corrected chi connectivity index (χ3v) is 5.19. The van der Waals surface area contributed by atoms with E-state index in [1.165, 1.54) is 6.92 Å². The summed E-state index contributed by atoms with van der Waals surface area (Å²) >= 11 is 6.21. The first-order valence-electron chi connectivity index (χ1n) is 9.33. The summed E-state index contributed by atoms with van der Waals surface area (Å²) in [5, 5.41) is 12.5. The maximum Gasteiger partial charge on any atom is 0.282 e. The molecule has 3 amide bonds. The van der Waals surface area contributed by atoms with E-state index in [1.54, 1.807) is 54.4 Å². The number of likely N-dealkylation sites (N-methyl/N-ethyl adjacent to an activating group) is 1. The maximum atomic E-state index is 13.3. The van der Waals surface area contributed by atoms with E-state index in [2.05, 4.69) is 5.32 Å². The Morgan fingerprint density at radius 3 is 2.37 bits per heavy atom. The minimum Gasteiger partial charge on any atom is -0.395 e. The summed E-state index contributed by atoms with van der Waals surface area (Å²) in [6.45, 7) is 3.25. The molecule has 1 aliphatic rings. The van der Waals surface area contributed by atoms with Gasteiger partial charge in [0.2, 0.25) is 5.91 Å². The van der Waals surface area contributed by atoms with Gasteiger partial charge in [0.05, 0.1) is 17.9 Å². The third-order valence-electron chi connectivity index (χ3n) is 4.78. The number of rotatable bonds is 6. The Hall–Kier alpha value is -3.16. The number of aryl methyl sites for hydroxylation is 1. The van der Waals surface area contributed by atoms with Gasteiger partial charge in [-0.3, -0.25) is 14.4 Å². The highest BCUT2D eigenvalue weighted by Crippen LogP contribution is 2.35. The van der Waals surface area contributed by atoms with Crippen LogP contribution in [0, 0.1) is 6.92 Å². The van der Waals surface area contributed by atoms with Gasteiger partial charge >= 0.3 is 0 Å². The Labute approximate surface area is 179 Å². The molecule has 0 saturated carbocycles. The number of hydrogen-bond donors (Lipinski definition) is 2. The van der Waals surface area contributed by atoms with Gasteiger partial charge < -0.3 is 15.3 Å². The van der Waals surface area contributed by atoms with E-state index in [0.29, 0.717) is 22.0 Å². The lowest BCUT2D eigenvalue weighted by Gasteiger charge is -2.20. The molecule has 1 heterocycles. The van der Waals surface area contributed by atoms with E-state index in [1.807, 2.05) is 6.92 Å². The van der Waals surface area contributed by atoms with Crippen molar-refractivity contribution in [1.29, 1.82) is 0 Å². The van der Waals surface area contributed by atoms with Gasteiger partial charge in [-0.1, -0.05) is 29.8 Å². The van der Waals surface area contributed by atoms with Crippen molar-refractivity contribution in [3.63, 3.8) is 0 Å². The van der Waals surface area contributed by atoms with Crippen LogP contribution in [0.3, 0.4) is 0 Å². The Bertz CT molecular complexity index is 1050. The molecule has 8 heteroatoms. The summed E-state index contributed by atoms with van der Waals surface area (Å²) in [6.07, 6.45) is 0. The topological polar surface area (TPSA) is 90.0 Å². The molecule has 156 valence electrons. The fraction of sp³-hybridized carbons (Fsp3) is 0.227. The summed E-state index contributed by atoms with van der Waals surface area (Å²) < 4.78 is 0. The van der Waals surface area contributed by atoms with Crippen molar-refractivity contribution in [2.24, 2.45) is 0 Å². The van der Waals surface area contributed by atoms with E-state index in [4.69, 9.17) is 11.6 Å². The molecule has 0 bridgehead atoms. The molecular weight excluding hydrogens is 406 g/mol. The Morgan fingerprint density at radius 2 is 1.80 bits per heavy atom. The van der Waals surface area contributed by atoms with Crippen LogP contribution in [-0.4, -0.2) is 47.9 Å². The lowest BCUT2D eigenvalue weighted by Crippen LogP contribution is -2.34. The number of anilines is 2. The average Bonchev–Trinajstić information content (AvgIpc) is 2.95. The van der Waals surface area contributed by atoms with Crippen LogP contribution in [0.25, 0.3) is 5.57 Å². The molecule has 7 nitrogen and oxygen atoms in total. The summed E-state index contributed by atoms with van der Waals surface area (Å²) in [5.74, 6) is -1.18. The van der Waals surface area contributed by atoms with Crippen LogP contribution in [-0.2, 0) is 14.4 Å². The highest BCUT2D eigenvalue weighted by atomic mass is 35.5. The number of imide groups is 1. The zero-order chi connectivity index (χ0) is 22.0. The summed E-state index contributed by atoms with van der Waals surface area (Å²) in [7, 11) is 1.65. The van der Waals surface area contributed by atoms with E-state index in [0.717, 1.165) is 10.5 Å². The van der Waals surface area contributed by atoms with E-state index in [-0.39, 0.29) is 30.3 Å². The van der Waals surface area contributed by atoms with Crippen molar-refractivity contribution in [2.45, 2.75) is 13.8 Å². The highest BCUT2D eigenvalue weighted by Gasteiger charge is 2.41. The van der Waals surface area contributed by atoms with Crippen molar-refractivity contribution in [3.8, 4) is 0 Å². The fourth-order valence-corrected chi connectivity index (χ4v) is 3.45. The first-order valence-corrected chi connectivity index (χ1v) is 9.71. The summed E-state index contributed by atoms with van der Waals surface area (Å²) in [4.78, 5) is 40.5. The molecule has 0 radical (unpaired) electrons. The molecule has 0 saturated heterocycles. The number of halogens is 1. The maximum absolute atomic E-state index is 13.3. The Balaban J connectivity index is 2.08. The van der Waals surface area contributed by atoms with Gasteiger partial charge in [0.15, 0.2) is 0 Å². The fourth-order valence-electron chi connectivity index (χ4n) is 3.27. The normalized spacial score (nSPS) is 13.8. The number of carbonyl (C=O) groups is 3. The third kappa shape index (κ3) is 4.08. The zero-order valence-electron chi connectivity index (χ0n) is 16.9. The van der Waals surface area contributed by atoms with Gasteiger partial charge in [0, 0.05) is 31.2 Å². The van der Waals surface area contributed by atoms with E-state index >= 15 is 0 Å². The molecule has 0 unspecified atom stereocenters. The zero-order valence-corrected chi connectivity index (χ0v) is 17.7. The van der Waals surface area contributed by atoms with Crippen LogP contribution in [0.5, 0.6) is 0 Å². The molecule has 0 spiro atoms. The van der Waals surface area contributed by atoms with Crippen LogP contribution in [0.4, 0.5) is 11.4 Å². The molecule has 0 aliphatic carbocycles. The minimum atomic E-state index is -0.489. The molecule has 0 fully saturated rings. The molecular formula is C22H22ClN3O4. The first kappa shape index (κ1) is 21.5. The van der Waals surface area contributed by atoms with Gasteiger partial charge in [-0.2, -0.15) is 0 Å². The second kappa shape index (κ2) is 8.69. The monoisotopic (exact) mass is 427 g/mol. The second-order valence-electron chi connectivity index (χ2n) is 7.01. The van der Waals surface area contributed by atoms with E-state index < -0.39 is 11.8 Å². The predicted octanol–water partition coefficient (Wildman–Crippen LogP) is 2.82. The lowest BCUT2D eigenvalue weighted by atomic mass is 10.0. The van der Waals surface area contributed by atoms with Gasteiger partial charge in [0.25, 0.3) is 11.8 Å². The minimum absolute atomic E-state index is 0.174. The van der Waals surface area contributed by atoms with Gasteiger partial charge in [-0.15, -0.1) is 0 Å².